The molecule has 1 aliphatic rings. The number of hydrogen-bond donors (Lipinski definition) is 0. The van der Waals surface area contributed by atoms with Gasteiger partial charge in [0.2, 0.25) is 0 Å². The van der Waals surface area contributed by atoms with Crippen molar-refractivity contribution in [2.75, 3.05) is 0 Å². The molecule has 1 unspecified atom stereocenters. The smallest absolute Gasteiger partial charge is 0.250 e. The van der Waals surface area contributed by atoms with Gasteiger partial charge in [-0.3, -0.25) is 0 Å². The van der Waals surface area contributed by atoms with Gasteiger partial charge in [0.05, 0.1) is 5.41 Å². The van der Waals surface area contributed by atoms with Crippen molar-refractivity contribution in [3.63, 3.8) is 0 Å². The Morgan fingerprint density at radius 1 is 1.36 bits per heavy atom. The van der Waals surface area contributed by atoms with Gasteiger partial charge in [-0.05, 0) is 6.08 Å². The van der Waals surface area contributed by atoms with Crippen LogP contribution in [0.4, 0.5) is 13.2 Å². The molecule has 0 saturated carbocycles. The Morgan fingerprint density at radius 2 is 1.91 bits per heavy atom. The summed E-state index contributed by atoms with van der Waals surface area (Å²) in [4.78, 5) is 0. The van der Waals surface area contributed by atoms with E-state index in [-0.39, 0.29) is 0 Å². The summed E-state index contributed by atoms with van der Waals surface area (Å²) in [7, 11) is -4.08. The maximum atomic E-state index is 11.7. The highest BCUT2D eigenvalue weighted by molar-refractivity contribution is 7.89. The Balaban J connectivity index is 2.81. The molecule has 1 rings (SSSR count). The van der Waals surface area contributed by atoms with Crippen LogP contribution in [0.2, 0.25) is 0 Å². The molecule has 0 aromatic heterocycles. The van der Waals surface area contributed by atoms with Crippen LogP contribution in [0.3, 0.4) is 0 Å². The molecule has 0 radical (unpaired) electrons. The van der Waals surface area contributed by atoms with Gasteiger partial charge in [0.1, 0.15) is 0 Å². The van der Waals surface area contributed by atoms with E-state index >= 15 is 0 Å². The molecule has 0 spiro atoms. The predicted octanol–water partition coefficient (Wildman–Crippen LogP) is 0.791. The second-order valence-corrected chi connectivity index (χ2v) is 3.33. The normalized spacial score (nSPS) is 29.2. The van der Waals surface area contributed by atoms with Crippen molar-refractivity contribution in [3.05, 3.63) is 11.5 Å². The van der Waals surface area contributed by atoms with Crippen LogP contribution >= 0.6 is 0 Å². The molecular weight excluding hydrogens is 185 g/mol. The first-order chi connectivity index (χ1) is 4.81. The fourth-order valence-electron chi connectivity index (χ4n) is 0.540. The van der Waals surface area contributed by atoms with Crippen molar-refractivity contribution in [2.45, 2.75) is 12.3 Å². The predicted molar refractivity (Wildman–Crippen MR) is 29.0 cm³/mol. The molecule has 1 heterocycles. The first-order valence-corrected chi connectivity index (χ1v) is 3.97. The molecule has 3 nitrogen and oxygen atoms in total. The second-order valence-electron chi connectivity index (χ2n) is 1.88. The summed E-state index contributed by atoms with van der Waals surface area (Å²) in [6.45, 7) is 0. The standard InChI is InChI=1S/C4H3F3O3S/c5-4(6,7)3-1-2-11(8,9)10-3/h1-3H. The van der Waals surface area contributed by atoms with Gasteiger partial charge in [-0.2, -0.15) is 21.6 Å². The van der Waals surface area contributed by atoms with Crippen LogP contribution in [0.15, 0.2) is 11.5 Å². The topological polar surface area (TPSA) is 43.4 Å². The maximum Gasteiger partial charge on any atom is 0.419 e. The van der Waals surface area contributed by atoms with Gasteiger partial charge in [-0.25, -0.2) is 4.18 Å². The fourth-order valence-corrected chi connectivity index (χ4v) is 1.40. The highest BCUT2D eigenvalue weighted by Crippen LogP contribution is 2.29. The molecule has 0 aliphatic carbocycles. The summed E-state index contributed by atoms with van der Waals surface area (Å²) in [5, 5.41) is 0.394. The molecule has 0 aromatic rings. The Labute approximate surface area is 60.6 Å². The van der Waals surface area contributed by atoms with Gasteiger partial charge in [0.25, 0.3) is 10.1 Å². The van der Waals surface area contributed by atoms with E-state index in [4.69, 9.17) is 0 Å². The van der Waals surface area contributed by atoms with Crippen LogP contribution in [0.25, 0.3) is 0 Å². The molecule has 1 aliphatic heterocycles. The van der Waals surface area contributed by atoms with Crippen molar-refractivity contribution in [2.24, 2.45) is 0 Å². The monoisotopic (exact) mass is 188 g/mol. The average Bonchev–Trinajstić information content (AvgIpc) is 2.07. The molecule has 1 atom stereocenters. The van der Waals surface area contributed by atoms with E-state index < -0.39 is 22.4 Å². The summed E-state index contributed by atoms with van der Waals surface area (Å²) >= 11 is 0. The van der Waals surface area contributed by atoms with Crippen LogP contribution in [0.1, 0.15) is 0 Å². The minimum absolute atomic E-state index is 0.394. The second kappa shape index (κ2) is 2.21. The van der Waals surface area contributed by atoms with E-state index in [2.05, 4.69) is 4.18 Å². The molecule has 0 amide bonds. The highest BCUT2D eigenvalue weighted by atomic mass is 32.2. The third-order valence-corrected chi connectivity index (χ3v) is 1.95. The molecule has 0 N–H and O–H groups in total. The van der Waals surface area contributed by atoms with Gasteiger partial charge >= 0.3 is 6.18 Å². The minimum atomic E-state index is -4.65. The van der Waals surface area contributed by atoms with Crippen LogP contribution in [-0.4, -0.2) is 20.7 Å². The first-order valence-electron chi connectivity index (χ1n) is 2.49. The summed E-state index contributed by atoms with van der Waals surface area (Å²) in [6, 6.07) is 0. The van der Waals surface area contributed by atoms with E-state index in [0.29, 0.717) is 11.5 Å². The Bertz CT molecular complexity index is 275. The summed E-state index contributed by atoms with van der Waals surface area (Å²) in [5.41, 5.74) is 0. The van der Waals surface area contributed by atoms with Crippen LogP contribution in [-0.2, 0) is 14.3 Å². The van der Waals surface area contributed by atoms with Gasteiger partial charge in [0, 0.05) is 0 Å². The number of rotatable bonds is 0. The Morgan fingerprint density at radius 3 is 2.09 bits per heavy atom. The van der Waals surface area contributed by atoms with Crippen molar-refractivity contribution < 1.29 is 25.8 Å². The lowest BCUT2D eigenvalue weighted by atomic mass is 10.3. The molecule has 0 bridgehead atoms. The van der Waals surface area contributed by atoms with Crippen LogP contribution in [0, 0.1) is 0 Å². The molecule has 0 saturated heterocycles. The lowest BCUT2D eigenvalue weighted by Gasteiger charge is -2.10. The first kappa shape index (κ1) is 8.54. The summed E-state index contributed by atoms with van der Waals surface area (Å²) in [6.07, 6.45) is -6.51. The third kappa shape index (κ3) is 1.93. The summed E-state index contributed by atoms with van der Waals surface area (Å²) in [5.74, 6) is 0. The zero-order valence-electron chi connectivity index (χ0n) is 5.00. The number of halogens is 3. The van der Waals surface area contributed by atoms with Crippen molar-refractivity contribution in [1.29, 1.82) is 0 Å². The molecule has 0 aromatic carbocycles. The molecule has 64 valence electrons. The van der Waals surface area contributed by atoms with E-state index in [0.717, 1.165) is 0 Å². The Hall–Kier alpha value is -0.560. The Kier molecular flexibility index (Phi) is 1.72. The third-order valence-electron chi connectivity index (χ3n) is 0.980. The summed E-state index contributed by atoms with van der Waals surface area (Å²) < 4.78 is 59.2. The fraction of sp³-hybridized carbons (Fsp3) is 0.500. The van der Waals surface area contributed by atoms with Gasteiger partial charge in [-0.15, -0.1) is 0 Å². The van der Waals surface area contributed by atoms with E-state index in [1.165, 1.54) is 0 Å². The van der Waals surface area contributed by atoms with E-state index in [9.17, 15) is 21.6 Å². The quantitative estimate of drug-likeness (QED) is 0.528. The van der Waals surface area contributed by atoms with Crippen LogP contribution in [0.5, 0.6) is 0 Å². The number of hydrogen-bond acceptors (Lipinski definition) is 3. The van der Waals surface area contributed by atoms with E-state index in [1.807, 2.05) is 0 Å². The number of alkyl halides is 3. The van der Waals surface area contributed by atoms with Gasteiger partial charge in [-0.1, -0.05) is 0 Å². The largest absolute Gasteiger partial charge is 0.419 e. The molecule has 0 fully saturated rings. The molecular formula is C4H3F3O3S. The minimum Gasteiger partial charge on any atom is -0.250 e. The maximum absolute atomic E-state index is 11.7. The zero-order valence-corrected chi connectivity index (χ0v) is 5.82. The van der Waals surface area contributed by atoms with Crippen molar-refractivity contribution in [1.82, 2.24) is 0 Å². The highest BCUT2D eigenvalue weighted by Gasteiger charge is 2.44. The van der Waals surface area contributed by atoms with E-state index in [1.54, 1.807) is 0 Å². The van der Waals surface area contributed by atoms with Crippen molar-refractivity contribution >= 4 is 10.1 Å². The SMILES string of the molecule is O=S1(=O)C=CC(C(F)(F)F)O1. The molecule has 7 heteroatoms. The van der Waals surface area contributed by atoms with Crippen molar-refractivity contribution in [3.8, 4) is 0 Å². The van der Waals surface area contributed by atoms with Crippen LogP contribution < -0.4 is 0 Å². The lowest BCUT2D eigenvalue weighted by molar-refractivity contribution is -0.177. The average molecular weight is 188 g/mol. The van der Waals surface area contributed by atoms with Gasteiger partial charge in [0.15, 0.2) is 6.10 Å². The molecule has 11 heavy (non-hydrogen) atoms. The van der Waals surface area contributed by atoms with Gasteiger partial charge < -0.3 is 0 Å². The lowest BCUT2D eigenvalue weighted by Crippen LogP contribution is -2.27. The zero-order chi connectivity index (χ0) is 8.70.